The summed E-state index contributed by atoms with van der Waals surface area (Å²) >= 11 is 0. The summed E-state index contributed by atoms with van der Waals surface area (Å²) in [6.45, 7) is 2.79. The molecule has 35 heavy (non-hydrogen) atoms. The van der Waals surface area contributed by atoms with Gasteiger partial charge in [0.1, 0.15) is 6.61 Å². The average Bonchev–Trinajstić information content (AvgIpc) is 3.44. The van der Waals surface area contributed by atoms with Crippen molar-refractivity contribution in [3.63, 3.8) is 0 Å². The van der Waals surface area contributed by atoms with Crippen LogP contribution >= 0.6 is 0 Å². The molecule has 5 rings (SSSR count). The van der Waals surface area contributed by atoms with E-state index in [-0.39, 0.29) is 24.5 Å². The van der Waals surface area contributed by atoms with E-state index in [4.69, 9.17) is 9.47 Å². The van der Waals surface area contributed by atoms with Crippen LogP contribution in [-0.2, 0) is 19.1 Å². The molecule has 0 radical (unpaired) electrons. The number of rotatable bonds is 5. The maximum atomic E-state index is 13.2. The maximum absolute atomic E-state index is 13.2. The normalized spacial score (nSPS) is 25.6. The average molecular weight is 479 g/mol. The number of nitrogens with zero attached hydrogens (tertiary/aromatic N) is 1. The molecule has 1 aliphatic carbocycles. The van der Waals surface area contributed by atoms with Crippen molar-refractivity contribution in [2.45, 2.75) is 50.3 Å². The van der Waals surface area contributed by atoms with Gasteiger partial charge in [0.15, 0.2) is 6.10 Å². The molecule has 184 valence electrons. The lowest BCUT2D eigenvalue weighted by atomic mass is 9.91. The summed E-state index contributed by atoms with van der Waals surface area (Å²) in [5.41, 5.74) is 4.59. The number of benzene rings is 2. The van der Waals surface area contributed by atoms with E-state index in [1.165, 1.54) is 0 Å². The highest BCUT2D eigenvalue weighted by Crippen LogP contribution is 2.44. The molecule has 0 bridgehead atoms. The van der Waals surface area contributed by atoms with Crippen LogP contribution < -0.4 is 5.32 Å². The van der Waals surface area contributed by atoms with Crippen LogP contribution in [-0.4, -0.2) is 65.9 Å². The van der Waals surface area contributed by atoms with Crippen LogP contribution in [0.4, 0.5) is 4.79 Å². The van der Waals surface area contributed by atoms with Crippen LogP contribution in [0.25, 0.3) is 11.1 Å². The predicted molar refractivity (Wildman–Crippen MR) is 128 cm³/mol. The number of ether oxygens (including phenoxy) is 2. The zero-order valence-electron chi connectivity index (χ0n) is 19.7. The van der Waals surface area contributed by atoms with Crippen molar-refractivity contribution < 1.29 is 29.0 Å². The van der Waals surface area contributed by atoms with Gasteiger partial charge in [-0.2, -0.15) is 0 Å². The summed E-state index contributed by atoms with van der Waals surface area (Å²) in [6.07, 6.45) is -0.0151. The minimum absolute atomic E-state index is 0.0400. The third-order valence-corrected chi connectivity index (χ3v) is 7.49. The number of carboxylic acid groups (broad SMARTS) is 1. The number of carbonyl (C=O) groups excluding carboxylic acids is 2. The molecule has 8 nitrogen and oxygen atoms in total. The highest BCUT2D eigenvalue weighted by Gasteiger charge is 2.41. The Morgan fingerprint density at radius 2 is 1.71 bits per heavy atom. The van der Waals surface area contributed by atoms with Crippen molar-refractivity contribution in [2.24, 2.45) is 5.92 Å². The lowest BCUT2D eigenvalue weighted by molar-refractivity contribution is -0.151. The van der Waals surface area contributed by atoms with E-state index in [0.29, 0.717) is 32.4 Å². The number of amides is 2. The van der Waals surface area contributed by atoms with E-state index >= 15 is 0 Å². The minimum Gasteiger partial charge on any atom is -0.481 e. The quantitative estimate of drug-likeness (QED) is 0.683. The largest absolute Gasteiger partial charge is 0.481 e. The van der Waals surface area contributed by atoms with Crippen LogP contribution in [0.5, 0.6) is 0 Å². The maximum Gasteiger partial charge on any atom is 0.407 e. The second-order valence-electron chi connectivity index (χ2n) is 9.60. The summed E-state index contributed by atoms with van der Waals surface area (Å²) in [4.78, 5) is 38.9. The van der Waals surface area contributed by atoms with E-state index < -0.39 is 30.1 Å². The summed E-state index contributed by atoms with van der Waals surface area (Å²) in [5.74, 6) is -1.51. The molecule has 2 amide bonds. The summed E-state index contributed by atoms with van der Waals surface area (Å²) in [6, 6.07) is 15.6. The number of carboxylic acids is 1. The Balaban J connectivity index is 1.20. The molecular weight excluding hydrogens is 448 g/mol. The second kappa shape index (κ2) is 9.70. The predicted octanol–water partition coefficient (Wildman–Crippen LogP) is 3.39. The first-order valence-corrected chi connectivity index (χ1v) is 12.2. The van der Waals surface area contributed by atoms with Crippen molar-refractivity contribution in [1.82, 2.24) is 10.2 Å². The van der Waals surface area contributed by atoms with Crippen LogP contribution in [0.2, 0.25) is 0 Å². The van der Waals surface area contributed by atoms with Crippen LogP contribution in [0.15, 0.2) is 48.5 Å². The van der Waals surface area contributed by atoms with Crippen LogP contribution in [0.3, 0.4) is 0 Å². The van der Waals surface area contributed by atoms with E-state index in [2.05, 4.69) is 29.6 Å². The monoisotopic (exact) mass is 478 g/mol. The third-order valence-electron chi connectivity index (χ3n) is 7.49. The number of fused-ring (bicyclic) bond motifs is 3. The number of nitrogens with one attached hydrogen (secondary N) is 1. The van der Waals surface area contributed by atoms with Gasteiger partial charge in [-0.15, -0.1) is 0 Å². The van der Waals surface area contributed by atoms with Gasteiger partial charge in [0.05, 0.1) is 12.0 Å². The van der Waals surface area contributed by atoms with Gasteiger partial charge in [-0.1, -0.05) is 48.5 Å². The smallest absolute Gasteiger partial charge is 0.407 e. The van der Waals surface area contributed by atoms with Crippen molar-refractivity contribution in [1.29, 1.82) is 0 Å². The van der Waals surface area contributed by atoms with E-state index in [1.807, 2.05) is 31.2 Å². The second-order valence-corrected chi connectivity index (χ2v) is 9.60. The van der Waals surface area contributed by atoms with Crippen LogP contribution in [0.1, 0.15) is 43.2 Å². The van der Waals surface area contributed by atoms with E-state index in [0.717, 1.165) is 22.3 Å². The number of hydrogen-bond donors (Lipinski definition) is 2. The Labute approximate surface area is 204 Å². The number of aliphatic carboxylic acids is 1. The first kappa shape index (κ1) is 23.4. The molecular formula is C27H30N2O6. The summed E-state index contributed by atoms with van der Waals surface area (Å²) < 4.78 is 11.3. The van der Waals surface area contributed by atoms with Crippen molar-refractivity contribution in [2.75, 3.05) is 19.8 Å². The lowest BCUT2D eigenvalue weighted by Crippen LogP contribution is -2.54. The molecule has 2 saturated heterocycles. The van der Waals surface area contributed by atoms with Crippen molar-refractivity contribution in [3.05, 3.63) is 59.7 Å². The highest BCUT2D eigenvalue weighted by molar-refractivity contribution is 5.84. The molecule has 3 aliphatic rings. The van der Waals surface area contributed by atoms with Gasteiger partial charge >= 0.3 is 12.1 Å². The molecule has 4 atom stereocenters. The summed E-state index contributed by atoms with van der Waals surface area (Å²) in [5, 5.41) is 12.1. The fourth-order valence-corrected chi connectivity index (χ4v) is 5.66. The van der Waals surface area contributed by atoms with E-state index in [1.54, 1.807) is 4.90 Å². The van der Waals surface area contributed by atoms with Crippen molar-refractivity contribution in [3.8, 4) is 11.1 Å². The number of likely N-dealkylation sites (tertiary alicyclic amines) is 1. The molecule has 2 unspecified atom stereocenters. The Morgan fingerprint density at radius 3 is 2.34 bits per heavy atom. The Bertz CT molecular complexity index is 1090. The first-order valence-electron chi connectivity index (χ1n) is 12.2. The molecule has 0 spiro atoms. The zero-order chi connectivity index (χ0) is 24.5. The number of piperidine rings is 1. The molecule has 2 aliphatic heterocycles. The Morgan fingerprint density at radius 1 is 1.06 bits per heavy atom. The van der Waals surface area contributed by atoms with Crippen molar-refractivity contribution >= 4 is 18.0 Å². The summed E-state index contributed by atoms with van der Waals surface area (Å²) in [7, 11) is 0. The third kappa shape index (κ3) is 4.50. The van der Waals surface area contributed by atoms with E-state index in [9.17, 15) is 19.5 Å². The van der Waals surface area contributed by atoms with Gasteiger partial charge in [-0.3, -0.25) is 9.59 Å². The fourth-order valence-electron chi connectivity index (χ4n) is 5.66. The lowest BCUT2D eigenvalue weighted by Gasteiger charge is -2.38. The molecule has 2 aromatic carbocycles. The van der Waals surface area contributed by atoms with Gasteiger partial charge in [0, 0.05) is 25.1 Å². The first-order chi connectivity index (χ1) is 16.9. The molecule has 2 N–H and O–H groups in total. The number of hydrogen-bond acceptors (Lipinski definition) is 5. The van der Waals surface area contributed by atoms with Gasteiger partial charge in [-0.05, 0) is 48.4 Å². The zero-order valence-corrected chi connectivity index (χ0v) is 19.7. The van der Waals surface area contributed by atoms with Gasteiger partial charge in [-0.25, -0.2) is 4.79 Å². The SMILES string of the molecule is C[C@H]1C[C@@H](C(=O)O)CCN1C(=O)C1OCCC1NC(=O)OCC1c2ccccc2-c2ccccc21. The fraction of sp³-hybridized carbons (Fsp3) is 0.444. The van der Waals surface area contributed by atoms with Gasteiger partial charge < -0.3 is 24.8 Å². The highest BCUT2D eigenvalue weighted by atomic mass is 16.6. The standard InChI is InChI=1S/C27H30N2O6/c1-16-14-17(26(31)32)10-12-29(16)25(30)24-23(11-13-34-24)28-27(33)35-15-22-20-8-4-2-6-18(20)19-7-3-5-9-21(19)22/h2-9,16-17,22-24H,10-15H2,1H3,(H,28,33)(H,31,32)/t16-,17-,23?,24?/m0/s1. The molecule has 8 heteroatoms. The number of alkyl carbamates (subject to hydrolysis) is 1. The molecule has 2 aromatic rings. The van der Waals surface area contributed by atoms with Crippen LogP contribution in [0, 0.1) is 5.92 Å². The minimum atomic E-state index is -0.823. The topological polar surface area (TPSA) is 105 Å². The van der Waals surface area contributed by atoms with Gasteiger partial charge in [0.2, 0.25) is 0 Å². The molecule has 0 saturated carbocycles. The Kier molecular flexibility index (Phi) is 6.47. The molecule has 2 fully saturated rings. The van der Waals surface area contributed by atoms with Gasteiger partial charge in [0.25, 0.3) is 5.91 Å². The molecule has 2 heterocycles. The Hall–Kier alpha value is -3.39. The number of carbonyl (C=O) groups is 3. The molecule has 0 aromatic heterocycles.